The predicted molar refractivity (Wildman–Crippen MR) is 62.0 cm³/mol. The highest BCUT2D eigenvalue weighted by atomic mass is 16.7. The van der Waals surface area contributed by atoms with Crippen LogP contribution < -0.4 is 14.8 Å². The van der Waals surface area contributed by atoms with Crippen LogP contribution in [0.3, 0.4) is 0 Å². The van der Waals surface area contributed by atoms with Crippen molar-refractivity contribution in [1.29, 1.82) is 0 Å². The molecule has 0 spiro atoms. The molecule has 3 heteroatoms. The van der Waals surface area contributed by atoms with E-state index in [9.17, 15) is 0 Å². The second kappa shape index (κ2) is 3.39. The third kappa shape index (κ3) is 1.47. The summed E-state index contributed by atoms with van der Waals surface area (Å²) in [5.41, 5.74) is 1.66. The first kappa shape index (κ1) is 9.97. The van der Waals surface area contributed by atoms with Crippen molar-refractivity contribution < 1.29 is 9.47 Å². The molecule has 0 aromatic heterocycles. The van der Waals surface area contributed by atoms with Crippen LogP contribution in [0.2, 0.25) is 0 Å². The average molecular weight is 219 g/mol. The van der Waals surface area contributed by atoms with Gasteiger partial charge in [-0.15, -0.1) is 0 Å². The van der Waals surface area contributed by atoms with Crippen LogP contribution in [0, 0.1) is 5.41 Å². The smallest absolute Gasteiger partial charge is 0.231 e. The highest BCUT2D eigenvalue weighted by Gasteiger charge is 2.35. The normalized spacial score (nSPS) is 26.0. The minimum Gasteiger partial charge on any atom is -0.454 e. The summed E-state index contributed by atoms with van der Waals surface area (Å²) in [5.74, 6) is 2.31. The molecule has 1 fully saturated rings. The lowest BCUT2D eigenvalue weighted by Gasteiger charge is -2.26. The molecule has 0 saturated carbocycles. The topological polar surface area (TPSA) is 30.5 Å². The standard InChI is InChI=1S/C13H17NO2/c1-13(2)7-14-6-10(13)9-3-4-11-12(5-9)16-8-15-11/h3-5,10,14H,6-8H2,1-2H3. The van der Waals surface area contributed by atoms with Gasteiger partial charge in [-0.1, -0.05) is 19.9 Å². The summed E-state index contributed by atoms with van der Waals surface area (Å²) in [6.07, 6.45) is 0. The Kier molecular flexibility index (Phi) is 2.11. The van der Waals surface area contributed by atoms with Crippen LogP contribution in [0.15, 0.2) is 18.2 Å². The minimum absolute atomic E-state index is 0.313. The van der Waals surface area contributed by atoms with Gasteiger partial charge in [0.25, 0.3) is 0 Å². The van der Waals surface area contributed by atoms with Gasteiger partial charge in [0.15, 0.2) is 11.5 Å². The van der Waals surface area contributed by atoms with Crippen LogP contribution in [-0.4, -0.2) is 19.9 Å². The van der Waals surface area contributed by atoms with Crippen molar-refractivity contribution >= 4 is 0 Å². The maximum absolute atomic E-state index is 5.42. The molecule has 1 unspecified atom stereocenters. The lowest BCUT2D eigenvalue weighted by atomic mass is 9.78. The molecule has 2 aliphatic rings. The van der Waals surface area contributed by atoms with Crippen molar-refractivity contribution in [3.63, 3.8) is 0 Å². The second-order valence-electron chi connectivity index (χ2n) is 5.28. The van der Waals surface area contributed by atoms with Crippen molar-refractivity contribution in [1.82, 2.24) is 5.32 Å². The largest absolute Gasteiger partial charge is 0.454 e. The number of hydrogen-bond acceptors (Lipinski definition) is 3. The van der Waals surface area contributed by atoms with Crippen molar-refractivity contribution in [3.8, 4) is 11.5 Å². The third-order valence-corrected chi connectivity index (χ3v) is 3.67. The second-order valence-corrected chi connectivity index (χ2v) is 5.28. The maximum Gasteiger partial charge on any atom is 0.231 e. The molecule has 1 N–H and O–H groups in total. The summed E-state index contributed by atoms with van der Waals surface area (Å²) in [6, 6.07) is 6.31. The SMILES string of the molecule is CC1(C)CNCC1c1ccc2c(c1)OCO2. The van der Waals surface area contributed by atoms with Gasteiger partial charge in [-0.2, -0.15) is 0 Å². The van der Waals surface area contributed by atoms with Crippen LogP contribution in [0.1, 0.15) is 25.3 Å². The van der Waals surface area contributed by atoms with E-state index in [2.05, 4.69) is 31.3 Å². The Morgan fingerprint density at radius 2 is 2.06 bits per heavy atom. The fraction of sp³-hybridized carbons (Fsp3) is 0.538. The quantitative estimate of drug-likeness (QED) is 0.785. The first-order chi connectivity index (χ1) is 7.67. The number of nitrogens with one attached hydrogen (secondary N) is 1. The molecule has 3 rings (SSSR count). The molecule has 1 aromatic carbocycles. The summed E-state index contributed by atoms with van der Waals surface area (Å²) >= 11 is 0. The summed E-state index contributed by atoms with van der Waals surface area (Å²) in [6.45, 7) is 7.09. The van der Waals surface area contributed by atoms with E-state index >= 15 is 0 Å². The van der Waals surface area contributed by atoms with E-state index in [-0.39, 0.29) is 0 Å². The predicted octanol–water partition coefficient (Wildman–Crippen LogP) is 2.13. The Morgan fingerprint density at radius 1 is 1.25 bits per heavy atom. The number of rotatable bonds is 1. The van der Waals surface area contributed by atoms with E-state index in [1.165, 1.54) is 5.56 Å². The molecule has 2 heterocycles. The molecule has 86 valence electrons. The highest BCUT2D eigenvalue weighted by Crippen LogP contribution is 2.42. The molecule has 16 heavy (non-hydrogen) atoms. The van der Waals surface area contributed by atoms with Gasteiger partial charge in [0.05, 0.1) is 0 Å². The maximum atomic E-state index is 5.42. The van der Waals surface area contributed by atoms with Crippen LogP contribution in [0.4, 0.5) is 0 Å². The lowest BCUT2D eigenvalue weighted by Crippen LogP contribution is -2.20. The Labute approximate surface area is 95.8 Å². The van der Waals surface area contributed by atoms with Gasteiger partial charge < -0.3 is 14.8 Å². The van der Waals surface area contributed by atoms with E-state index in [1.807, 2.05) is 6.07 Å². The Bertz CT molecular complexity index is 414. The first-order valence-corrected chi connectivity index (χ1v) is 5.77. The molecule has 0 amide bonds. The van der Waals surface area contributed by atoms with E-state index in [0.29, 0.717) is 18.1 Å². The minimum atomic E-state index is 0.313. The molecular weight excluding hydrogens is 202 g/mol. The summed E-state index contributed by atoms with van der Waals surface area (Å²) in [7, 11) is 0. The van der Waals surface area contributed by atoms with Gasteiger partial charge in [0, 0.05) is 19.0 Å². The molecular formula is C13H17NO2. The van der Waals surface area contributed by atoms with Gasteiger partial charge in [-0.25, -0.2) is 0 Å². The van der Waals surface area contributed by atoms with Gasteiger partial charge in [0.1, 0.15) is 0 Å². The molecule has 1 atom stereocenters. The van der Waals surface area contributed by atoms with Gasteiger partial charge in [-0.05, 0) is 23.1 Å². The van der Waals surface area contributed by atoms with Crippen molar-refractivity contribution in [2.75, 3.05) is 19.9 Å². The summed E-state index contributed by atoms with van der Waals surface area (Å²) in [4.78, 5) is 0. The Morgan fingerprint density at radius 3 is 2.81 bits per heavy atom. The van der Waals surface area contributed by atoms with E-state index in [0.717, 1.165) is 24.6 Å². The lowest BCUT2D eigenvalue weighted by molar-refractivity contribution is 0.174. The van der Waals surface area contributed by atoms with E-state index in [1.54, 1.807) is 0 Å². The molecule has 1 saturated heterocycles. The van der Waals surface area contributed by atoms with Crippen LogP contribution >= 0.6 is 0 Å². The Hall–Kier alpha value is -1.22. The third-order valence-electron chi connectivity index (χ3n) is 3.67. The highest BCUT2D eigenvalue weighted by molar-refractivity contribution is 5.46. The monoisotopic (exact) mass is 219 g/mol. The number of benzene rings is 1. The number of fused-ring (bicyclic) bond motifs is 1. The molecule has 0 aliphatic carbocycles. The fourth-order valence-electron chi connectivity index (χ4n) is 2.64. The van der Waals surface area contributed by atoms with Gasteiger partial charge >= 0.3 is 0 Å². The van der Waals surface area contributed by atoms with Gasteiger partial charge in [0.2, 0.25) is 6.79 Å². The zero-order valence-corrected chi connectivity index (χ0v) is 9.75. The average Bonchev–Trinajstić information content (AvgIpc) is 2.82. The summed E-state index contributed by atoms with van der Waals surface area (Å²) < 4.78 is 10.8. The molecule has 3 nitrogen and oxygen atoms in total. The van der Waals surface area contributed by atoms with Crippen molar-refractivity contribution in [2.24, 2.45) is 5.41 Å². The number of ether oxygens (including phenoxy) is 2. The molecule has 0 bridgehead atoms. The summed E-state index contributed by atoms with van der Waals surface area (Å²) in [5, 5.41) is 3.46. The van der Waals surface area contributed by atoms with Crippen molar-refractivity contribution in [3.05, 3.63) is 23.8 Å². The van der Waals surface area contributed by atoms with Crippen molar-refractivity contribution in [2.45, 2.75) is 19.8 Å². The fourth-order valence-corrected chi connectivity index (χ4v) is 2.64. The number of hydrogen-bond donors (Lipinski definition) is 1. The zero-order chi connectivity index (χ0) is 11.2. The van der Waals surface area contributed by atoms with Gasteiger partial charge in [-0.3, -0.25) is 0 Å². The Balaban J connectivity index is 1.95. The van der Waals surface area contributed by atoms with E-state index < -0.39 is 0 Å². The molecule has 1 aromatic rings. The molecule has 0 radical (unpaired) electrons. The van der Waals surface area contributed by atoms with Crippen LogP contribution in [0.5, 0.6) is 11.5 Å². The first-order valence-electron chi connectivity index (χ1n) is 5.77. The molecule has 2 aliphatic heterocycles. The van der Waals surface area contributed by atoms with Crippen LogP contribution in [0.25, 0.3) is 0 Å². The van der Waals surface area contributed by atoms with E-state index in [4.69, 9.17) is 9.47 Å². The zero-order valence-electron chi connectivity index (χ0n) is 9.75. The van der Waals surface area contributed by atoms with Crippen LogP contribution in [-0.2, 0) is 0 Å².